The van der Waals surface area contributed by atoms with Gasteiger partial charge in [-0.2, -0.15) is 0 Å². The van der Waals surface area contributed by atoms with Crippen LogP contribution in [0.5, 0.6) is 0 Å². The number of nitrogens with one attached hydrogen (secondary N) is 1. The van der Waals surface area contributed by atoms with Crippen LogP contribution in [-0.2, 0) is 4.74 Å². The van der Waals surface area contributed by atoms with Gasteiger partial charge in [0.15, 0.2) is 0 Å². The topological polar surface area (TPSA) is 21.3 Å². The van der Waals surface area contributed by atoms with Crippen LogP contribution >= 0.6 is 0 Å². The first-order valence-electron chi connectivity index (χ1n) is 4.32. The number of alkyl halides is 2. The van der Waals surface area contributed by atoms with Gasteiger partial charge in [-0.3, -0.25) is 0 Å². The van der Waals surface area contributed by atoms with Gasteiger partial charge in [0.2, 0.25) is 0 Å². The predicted molar refractivity (Wildman–Crippen MR) is 42.5 cm³/mol. The van der Waals surface area contributed by atoms with Gasteiger partial charge >= 0.3 is 0 Å². The Hall–Kier alpha value is -0.220. The molecule has 1 rings (SSSR count). The van der Waals surface area contributed by atoms with Gasteiger partial charge in [0.1, 0.15) is 5.54 Å². The van der Waals surface area contributed by atoms with E-state index in [4.69, 9.17) is 4.74 Å². The largest absolute Gasteiger partial charge is 0.380 e. The number of rotatable bonds is 4. The SMILES string of the molecule is CCOCC1(C(F)F)CCCN1. The average Bonchev–Trinajstić information content (AvgIpc) is 2.50. The lowest BCUT2D eigenvalue weighted by Gasteiger charge is -2.27. The fraction of sp³-hybridized carbons (Fsp3) is 1.00. The first-order valence-corrected chi connectivity index (χ1v) is 4.32. The van der Waals surface area contributed by atoms with Crippen LogP contribution in [0.1, 0.15) is 19.8 Å². The van der Waals surface area contributed by atoms with Crippen LogP contribution in [0, 0.1) is 0 Å². The highest BCUT2D eigenvalue weighted by molar-refractivity contribution is 4.95. The van der Waals surface area contributed by atoms with Crippen molar-refractivity contribution in [1.82, 2.24) is 5.32 Å². The van der Waals surface area contributed by atoms with Crippen molar-refractivity contribution in [2.45, 2.75) is 31.7 Å². The maximum Gasteiger partial charge on any atom is 0.258 e. The lowest BCUT2D eigenvalue weighted by Crippen LogP contribution is -2.50. The van der Waals surface area contributed by atoms with Crippen LogP contribution in [0.2, 0.25) is 0 Å². The molecule has 0 amide bonds. The Labute approximate surface area is 71.3 Å². The number of ether oxygens (including phenoxy) is 1. The molecule has 4 heteroatoms. The van der Waals surface area contributed by atoms with Gasteiger partial charge in [-0.15, -0.1) is 0 Å². The fourth-order valence-electron chi connectivity index (χ4n) is 1.49. The summed E-state index contributed by atoms with van der Waals surface area (Å²) in [6, 6.07) is 0. The molecular weight excluding hydrogens is 164 g/mol. The van der Waals surface area contributed by atoms with Crippen LogP contribution < -0.4 is 5.32 Å². The lowest BCUT2D eigenvalue weighted by molar-refractivity contribution is -0.0188. The summed E-state index contributed by atoms with van der Waals surface area (Å²) in [5.41, 5.74) is -1.06. The van der Waals surface area contributed by atoms with E-state index in [2.05, 4.69) is 5.32 Å². The lowest BCUT2D eigenvalue weighted by atomic mass is 10.00. The van der Waals surface area contributed by atoms with Gasteiger partial charge in [-0.25, -0.2) is 8.78 Å². The van der Waals surface area contributed by atoms with E-state index >= 15 is 0 Å². The minimum absolute atomic E-state index is 0.126. The third kappa shape index (κ3) is 1.93. The van der Waals surface area contributed by atoms with E-state index in [1.165, 1.54) is 0 Å². The van der Waals surface area contributed by atoms with Crippen molar-refractivity contribution < 1.29 is 13.5 Å². The highest BCUT2D eigenvalue weighted by atomic mass is 19.3. The van der Waals surface area contributed by atoms with E-state index < -0.39 is 12.0 Å². The highest BCUT2D eigenvalue weighted by Crippen LogP contribution is 2.26. The summed E-state index contributed by atoms with van der Waals surface area (Å²) >= 11 is 0. The van der Waals surface area contributed by atoms with E-state index in [0.717, 1.165) is 6.42 Å². The molecule has 2 nitrogen and oxygen atoms in total. The van der Waals surface area contributed by atoms with Gasteiger partial charge < -0.3 is 10.1 Å². The molecule has 1 unspecified atom stereocenters. The van der Waals surface area contributed by atoms with E-state index in [0.29, 0.717) is 19.6 Å². The summed E-state index contributed by atoms with van der Waals surface area (Å²) in [4.78, 5) is 0. The normalized spacial score (nSPS) is 30.0. The zero-order valence-electron chi connectivity index (χ0n) is 7.28. The van der Waals surface area contributed by atoms with E-state index in [1.54, 1.807) is 0 Å². The maximum absolute atomic E-state index is 12.6. The molecule has 1 heterocycles. The van der Waals surface area contributed by atoms with Gasteiger partial charge in [-0.1, -0.05) is 0 Å². The maximum atomic E-state index is 12.6. The Morgan fingerprint density at radius 2 is 2.33 bits per heavy atom. The molecule has 0 spiro atoms. The summed E-state index contributed by atoms with van der Waals surface area (Å²) < 4.78 is 30.2. The van der Waals surface area contributed by atoms with Crippen molar-refractivity contribution >= 4 is 0 Å². The summed E-state index contributed by atoms with van der Waals surface area (Å²) in [5, 5.41) is 2.83. The van der Waals surface area contributed by atoms with Gasteiger partial charge in [-0.05, 0) is 26.3 Å². The fourth-order valence-corrected chi connectivity index (χ4v) is 1.49. The third-order valence-electron chi connectivity index (χ3n) is 2.26. The number of halogens is 2. The second kappa shape index (κ2) is 4.14. The van der Waals surface area contributed by atoms with E-state index in [1.807, 2.05) is 6.92 Å². The Balaban J connectivity index is 2.47. The van der Waals surface area contributed by atoms with Crippen LogP contribution in [0.4, 0.5) is 8.78 Å². The molecule has 0 aromatic rings. The monoisotopic (exact) mass is 179 g/mol. The Morgan fingerprint density at radius 3 is 2.75 bits per heavy atom. The zero-order valence-corrected chi connectivity index (χ0v) is 7.28. The highest BCUT2D eigenvalue weighted by Gasteiger charge is 2.42. The minimum Gasteiger partial charge on any atom is -0.380 e. The molecule has 1 fully saturated rings. The van der Waals surface area contributed by atoms with Crippen molar-refractivity contribution in [3.8, 4) is 0 Å². The molecule has 1 N–H and O–H groups in total. The molecule has 0 saturated carbocycles. The summed E-state index contributed by atoms with van der Waals surface area (Å²) in [7, 11) is 0. The molecule has 0 radical (unpaired) electrons. The molecule has 12 heavy (non-hydrogen) atoms. The van der Waals surface area contributed by atoms with Crippen molar-refractivity contribution in [2.24, 2.45) is 0 Å². The van der Waals surface area contributed by atoms with Crippen molar-refractivity contribution in [1.29, 1.82) is 0 Å². The standard InChI is InChI=1S/C8H15F2NO/c1-2-12-6-8(7(9)10)4-3-5-11-8/h7,11H,2-6H2,1H3. The van der Waals surface area contributed by atoms with Crippen LogP contribution in [0.3, 0.4) is 0 Å². The van der Waals surface area contributed by atoms with Gasteiger partial charge in [0, 0.05) is 6.61 Å². The Kier molecular flexibility index (Phi) is 3.40. The second-order valence-electron chi connectivity index (χ2n) is 3.12. The zero-order chi connectivity index (χ0) is 9.03. The molecule has 0 aromatic carbocycles. The smallest absolute Gasteiger partial charge is 0.258 e. The van der Waals surface area contributed by atoms with Crippen molar-refractivity contribution in [3.05, 3.63) is 0 Å². The predicted octanol–water partition coefficient (Wildman–Crippen LogP) is 1.41. The molecule has 0 aliphatic carbocycles. The molecule has 1 atom stereocenters. The van der Waals surface area contributed by atoms with Crippen LogP contribution in [-0.4, -0.2) is 31.7 Å². The van der Waals surface area contributed by atoms with Crippen LogP contribution in [0.15, 0.2) is 0 Å². The molecule has 72 valence electrons. The number of hydrogen-bond donors (Lipinski definition) is 1. The first kappa shape index (κ1) is 9.86. The summed E-state index contributed by atoms with van der Waals surface area (Å²) in [5.74, 6) is 0. The van der Waals surface area contributed by atoms with E-state index in [-0.39, 0.29) is 6.61 Å². The molecule has 0 bridgehead atoms. The van der Waals surface area contributed by atoms with Crippen LogP contribution in [0.25, 0.3) is 0 Å². The number of hydrogen-bond acceptors (Lipinski definition) is 2. The quantitative estimate of drug-likeness (QED) is 0.704. The molecule has 1 saturated heterocycles. The average molecular weight is 179 g/mol. The first-order chi connectivity index (χ1) is 5.71. The van der Waals surface area contributed by atoms with E-state index in [9.17, 15) is 8.78 Å². The third-order valence-corrected chi connectivity index (χ3v) is 2.26. The Bertz CT molecular complexity index is 135. The van der Waals surface area contributed by atoms with Crippen molar-refractivity contribution in [2.75, 3.05) is 19.8 Å². The summed E-state index contributed by atoms with van der Waals surface area (Å²) in [6.07, 6.45) is -0.992. The molecule has 1 aliphatic heterocycles. The summed E-state index contributed by atoms with van der Waals surface area (Å²) in [6.45, 7) is 3.11. The second-order valence-corrected chi connectivity index (χ2v) is 3.12. The molecule has 1 aliphatic rings. The Morgan fingerprint density at radius 1 is 1.58 bits per heavy atom. The minimum atomic E-state index is -2.33. The van der Waals surface area contributed by atoms with Crippen molar-refractivity contribution in [3.63, 3.8) is 0 Å². The molecular formula is C8H15F2NO. The van der Waals surface area contributed by atoms with Gasteiger partial charge in [0.25, 0.3) is 6.43 Å². The molecule has 0 aromatic heterocycles. The van der Waals surface area contributed by atoms with Gasteiger partial charge in [0.05, 0.1) is 6.61 Å².